The van der Waals surface area contributed by atoms with Gasteiger partial charge in [-0.05, 0) is 32.0 Å². The van der Waals surface area contributed by atoms with Crippen molar-refractivity contribution < 1.29 is 9.53 Å². The second-order valence-electron chi connectivity index (χ2n) is 7.66. The van der Waals surface area contributed by atoms with E-state index in [4.69, 9.17) is 4.74 Å². The van der Waals surface area contributed by atoms with E-state index in [2.05, 4.69) is 38.2 Å². The highest BCUT2D eigenvalue weighted by molar-refractivity contribution is 5.95. The summed E-state index contributed by atoms with van der Waals surface area (Å²) in [5, 5.41) is 3.03. The predicted molar refractivity (Wildman–Crippen MR) is 108 cm³/mol. The number of nitrogens with zero attached hydrogens (tertiary/aromatic N) is 4. The first-order chi connectivity index (χ1) is 13.6. The molecule has 1 amide bonds. The zero-order chi connectivity index (χ0) is 19.5. The highest BCUT2D eigenvalue weighted by Gasteiger charge is 2.22. The van der Waals surface area contributed by atoms with Crippen LogP contribution < -0.4 is 15.0 Å². The number of aromatic nitrogens is 2. The van der Waals surface area contributed by atoms with Gasteiger partial charge in [0.2, 0.25) is 5.95 Å². The fraction of sp³-hybridized carbons (Fsp3) is 0.476. The number of benzene rings is 1. The Balaban J connectivity index is 1.35. The van der Waals surface area contributed by atoms with Gasteiger partial charge in [-0.15, -0.1) is 0 Å². The Bertz CT molecular complexity index is 848. The molecule has 7 heteroatoms. The molecule has 4 rings (SSSR count). The smallest absolute Gasteiger partial charge is 0.254 e. The summed E-state index contributed by atoms with van der Waals surface area (Å²) in [7, 11) is 2.12. The van der Waals surface area contributed by atoms with E-state index in [0.29, 0.717) is 30.4 Å². The first-order valence-electron chi connectivity index (χ1n) is 9.86. The Labute approximate surface area is 165 Å². The number of ether oxygens (including phenoxy) is 1. The van der Waals surface area contributed by atoms with Crippen LogP contribution in [0.3, 0.4) is 0 Å². The first-order valence-corrected chi connectivity index (χ1v) is 9.86. The zero-order valence-electron chi connectivity index (χ0n) is 16.5. The van der Waals surface area contributed by atoms with Gasteiger partial charge in [0.1, 0.15) is 5.75 Å². The van der Waals surface area contributed by atoms with Crippen molar-refractivity contribution in [3.63, 3.8) is 0 Å². The van der Waals surface area contributed by atoms with Gasteiger partial charge in [0.15, 0.2) is 0 Å². The maximum atomic E-state index is 12.6. The fourth-order valence-corrected chi connectivity index (χ4v) is 3.69. The van der Waals surface area contributed by atoms with Gasteiger partial charge in [-0.2, -0.15) is 0 Å². The van der Waals surface area contributed by atoms with Crippen LogP contribution in [-0.4, -0.2) is 67.2 Å². The Kier molecular flexibility index (Phi) is 5.43. The molecule has 1 aromatic heterocycles. The summed E-state index contributed by atoms with van der Waals surface area (Å²) in [4.78, 5) is 26.1. The normalized spacial score (nSPS) is 19.6. The molecule has 1 aromatic carbocycles. The van der Waals surface area contributed by atoms with Crippen LogP contribution in [0.25, 0.3) is 0 Å². The number of piperazine rings is 1. The molecule has 0 spiro atoms. The Hall–Kier alpha value is -2.67. The Morgan fingerprint density at radius 2 is 2.04 bits per heavy atom. The Morgan fingerprint density at radius 1 is 1.25 bits per heavy atom. The van der Waals surface area contributed by atoms with E-state index in [0.717, 1.165) is 38.3 Å². The van der Waals surface area contributed by atoms with E-state index in [-0.39, 0.29) is 11.8 Å². The molecule has 0 radical (unpaired) electrons. The molecule has 2 aromatic rings. The van der Waals surface area contributed by atoms with Crippen LogP contribution in [0.4, 0.5) is 5.95 Å². The molecule has 0 aliphatic carbocycles. The summed E-state index contributed by atoms with van der Waals surface area (Å²) in [6, 6.07) is 8.08. The number of amides is 1. The molecule has 1 N–H and O–H groups in total. The van der Waals surface area contributed by atoms with E-state index in [9.17, 15) is 4.79 Å². The number of hydrogen-bond donors (Lipinski definition) is 1. The van der Waals surface area contributed by atoms with Crippen LogP contribution in [0, 0.1) is 12.8 Å². The summed E-state index contributed by atoms with van der Waals surface area (Å²) in [6.07, 6.45) is 2.56. The monoisotopic (exact) mass is 381 g/mol. The lowest BCUT2D eigenvalue weighted by Crippen LogP contribution is -2.45. The summed E-state index contributed by atoms with van der Waals surface area (Å²) in [5.41, 5.74) is 2.45. The zero-order valence-corrected chi connectivity index (χ0v) is 16.5. The molecule has 2 aliphatic heterocycles. The van der Waals surface area contributed by atoms with Crippen molar-refractivity contribution in [1.29, 1.82) is 0 Å². The molecule has 148 valence electrons. The number of anilines is 1. The summed E-state index contributed by atoms with van der Waals surface area (Å²) in [5.74, 6) is 1.80. The van der Waals surface area contributed by atoms with Gasteiger partial charge in [0.25, 0.3) is 5.91 Å². The number of fused-ring (bicyclic) bond motifs is 1. The largest absolute Gasteiger partial charge is 0.493 e. The number of likely N-dealkylation sites (N-methyl/N-ethyl adjacent to an activating group) is 1. The maximum Gasteiger partial charge on any atom is 0.254 e. The minimum atomic E-state index is -0.124. The van der Waals surface area contributed by atoms with Crippen LogP contribution in [0.5, 0.6) is 5.75 Å². The molecule has 1 atom stereocenters. The molecule has 7 nitrogen and oxygen atoms in total. The molecule has 2 aliphatic rings. The number of para-hydroxylation sites is 1. The average Bonchev–Trinajstić information content (AvgIpc) is 2.72. The number of carbonyl (C=O) groups excluding carboxylic acids is 1. The molecule has 28 heavy (non-hydrogen) atoms. The lowest BCUT2D eigenvalue weighted by Gasteiger charge is -2.32. The van der Waals surface area contributed by atoms with E-state index >= 15 is 0 Å². The lowest BCUT2D eigenvalue weighted by molar-refractivity contribution is 0.0937. The third-order valence-corrected chi connectivity index (χ3v) is 5.50. The number of carbonyl (C=O) groups is 1. The van der Waals surface area contributed by atoms with Crippen LogP contribution in [0.15, 0.2) is 30.5 Å². The van der Waals surface area contributed by atoms with Crippen molar-refractivity contribution >= 4 is 11.9 Å². The van der Waals surface area contributed by atoms with Gasteiger partial charge < -0.3 is 19.9 Å². The van der Waals surface area contributed by atoms with Crippen molar-refractivity contribution in [3.05, 3.63) is 47.3 Å². The molecular weight excluding hydrogens is 354 g/mol. The molecule has 1 fully saturated rings. The van der Waals surface area contributed by atoms with Crippen molar-refractivity contribution in [1.82, 2.24) is 20.2 Å². The van der Waals surface area contributed by atoms with E-state index < -0.39 is 0 Å². The third kappa shape index (κ3) is 4.09. The minimum absolute atomic E-state index is 0.124. The van der Waals surface area contributed by atoms with Gasteiger partial charge in [-0.3, -0.25) is 4.79 Å². The van der Waals surface area contributed by atoms with Gasteiger partial charge in [0.05, 0.1) is 17.9 Å². The fourth-order valence-electron chi connectivity index (χ4n) is 3.69. The molecule has 0 saturated carbocycles. The number of hydrogen-bond acceptors (Lipinski definition) is 6. The highest BCUT2D eigenvalue weighted by Crippen LogP contribution is 2.26. The topological polar surface area (TPSA) is 70.6 Å². The van der Waals surface area contributed by atoms with Crippen LogP contribution in [0.2, 0.25) is 0 Å². The molecule has 3 heterocycles. The SMILES string of the molecule is Cc1nc(N2CCN(C)CC2)ncc1C(=O)NC[C@@H]1COc2ccccc2C1. The van der Waals surface area contributed by atoms with Crippen molar-refractivity contribution in [2.24, 2.45) is 5.92 Å². The maximum absolute atomic E-state index is 12.6. The van der Waals surface area contributed by atoms with Crippen molar-refractivity contribution in [2.75, 3.05) is 51.3 Å². The van der Waals surface area contributed by atoms with Crippen molar-refractivity contribution in [3.8, 4) is 5.75 Å². The molecular formula is C21H27N5O2. The number of nitrogens with one attached hydrogen (secondary N) is 1. The average molecular weight is 381 g/mol. The summed E-state index contributed by atoms with van der Waals surface area (Å²) >= 11 is 0. The quantitative estimate of drug-likeness (QED) is 0.866. The van der Waals surface area contributed by atoms with Crippen LogP contribution in [-0.2, 0) is 6.42 Å². The standard InChI is InChI=1S/C21H27N5O2/c1-15-18(13-23-21(24-15)26-9-7-25(2)8-10-26)20(27)22-12-16-11-17-5-3-4-6-19(17)28-14-16/h3-6,13,16H,7-12,14H2,1-2H3,(H,22,27)/t16-/m1/s1. The first kappa shape index (κ1) is 18.7. The van der Waals surface area contributed by atoms with Gasteiger partial charge in [0, 0.05) is 44.8 Å². The highest BCUT2D eigenvalue weighted by atomic mass is 16.5. The molecule has 1 saturated heterocycles. The summed E-state index contributed by atoms with van der Waals surface area (Å²) in [6.45, 7) is 6.88. The Morgan fingerprint density at radius 3 is 2.82 bits per heavy atom. The third-order valence-electron chi connectivity index (χ3n) is 5.50. The van der Waals surface area contributed by atoms with E-state index in [1.807, 2.05) is 25.1 Å². The van der Waals surface area contributed by atoms with Gasteiger partial charge in [-0.1, -0.05) is 18.2 Å². The second kappa shape index (κ2) is 8.14. The summed E-state index contributed by atoms with van der Waals surface area (Å²) < 4.78 is 5.80. The van der Waals surface area contributed by atoms with E-state index in [1.165, 1.54) is 5.56 Å². The van der Waals surface area contributed by atoms with E-state index in [1.54, 1.807) is 6.20 Å². The second-order valence-corrected chi connectivity index (χ2v) is 7.66. The predicted octanol–water partition coefficient (Wildman–Crippen LogP) is 1.52. The lowest BCUT2D eigenvalue weighted by atomic mass is 9.96. The number of aryl methyl sites for hydroxylation is 1. The molecule has 0 bridgehead atoms. The minimum Gasteiger partial charge on any atom is -0.493 e. The van der Waals surface area contributed by atoms with Crippen LogP contribution in [0.1, 0.15) is 21.6 Å². The van der Waals surface area contributed by atoms with Gasteiger partial charge in [-0.25, -0.2) is 9.97 Å². The van der Waals surface area contributed by atoms with Crippen molar-refractivity contribution in [2.45, 2.75) is 13.3 Å². The number of rotatable bonds is 4. The van der Waals surface area contributed by atoms with Gasteiger partial charge >= 0.3 is 0 Å². The molecule has 0 unspecified atom stereocenters. The van der Waals surface area contributed by atoms with Crippen LogP contribution >= 0.6 is 0 Å².